The molecule has 0 spiro atoms. The van der Waals surface area contributed by atoms with E-state index in [4.69, 9.17) is 0 Å². The third-order valence-electron chi connectivity index (χ3n) is 4.01. The third kappa shape index (κ3) is 4.87. The van der Waals surface area contributed by atoms with Gasteiger partial charge in [0.05, 0.1) is 4.90 Å². The fourth-order valence-corrected chi connectivity index (χ4v) is 4.03. The predicted molar refractivity (Wildman–Crippen MR) is 106 cm³/mol. The third-order valence-corrected chi connectivity index (χ3v) is 6.30. The normalized spacial score (nSPS) is 11.4. The summed E-state index contributed by atoms with van der Waals surface area (Å²) in [6, 6.07) is 12.7. The van der Waals surface area contributed by atoms with Gasteiger partial charge in [-0.2, -0.15) is 0 Å². The van der Waals surface area contributed by atoms with E-state index in [2.05, 4.69) is 4.72 Å². The summed E-state index contributed by atoms with van der Waals surface area (Å²) in [5, 5.41) is 0. The van der Waals surface area contributed by atoms with Crippen LogP contribution < -0.4 is 4.72 Å². The zero-order valence-corrected chi connectivity index (χ0v) is 17.1. The first-order valence-corrected chi connectivity index (χ1v) is 11.0. The van der Waals surface area contributed by atoms with E-state index in [1.807, 2.05) is 30.5 Å². The molecule has 0 aliphatic heterocycles. The summed E-state index contributed by atoms with van der Waals surface area (Å²) in [5.41, 5.74) is 2.16. The van der Waals surface area contributed by atoms with Crippen LogP contribution in [0.5, 0.6) is 0 Å². The van der Waals surface area contributed by atoms with E-state index in [-0.39, 0.29) is 10.8 Å². The van der Waals surface area contributed by atoms with Crippen LogP contribution in [-0.4, -0.2) is 39.1 Å². The molecule has 2 aromatic rings. The first-order valence-electron chi connectivity index (χ1n) is 8.27. The van der Waals surface area contributed by atoms with Crippen LogP contribution in [0.4, 0.5) is 0 Å². The van der Waals surface area contributed by atoms with E-state index in [9.17, 15) is 13.2 Å². The van der Waals surface area contributed by atoms with Crippen LogP contribution in [0, 0.1) is 6.92 Å². The summed E-state index contributed by atoms with van der Waals surface area (Å²) < 4.78 is 26.9. The highest BCUT2D eigenvalue weighted by atomic mass is 32.2. The van der Waals surface area contributed by atoms with E-state index in [1.165, 1.54) is 17.0 Å². The Hall–Kier alpha value is -1.83. The molecule has 0 unspecified atom stereocenters. The van der Waals surface area contributed by atoms with Gasteiger partial charge < -0.3 is 4.90 Å². The highest BCUT2D eigenvalue weighted by Gasteiger charge is 2.19. The molecule has 5 nitrogen and oxygen atoms in total. The van der Waals surface area contributed by atoms with E-state index in [0.29, 0.717) is 18.7 Å². The van der Waals surface area contributed by atoms with Crippen molar-refractivity contribution < 1.29 is 13.2 Å². The molecule has 0 aromatic heterocycles. The van der Waals surface area contributed by atoms with Crippen LogP contribution in [0.15, 0.2) is 52.3 Å². The SMILES string of the molecule is CCNS(=O)(=O)c1ccc(C)c(C(=O)N(C)Cc2ccc(SC)cc2)c1. The molecule has 0 heterocycles. The number of carbonyl (C=O) groups is 1. The van der Waals surface area contributed by atoms with E-state index < -0.39 is 10.0 Å². The summed E-state index contributed by atoms with van der Waals surface area (Å²) in [4.78, 5) is 15.7. The molecular formula is C19H24N2O3S2. The van der Waals surface area contributed by atoms with Crippen LogP contribution in [0.2, 0.25) is 0 Å². The molecule has 0 aliphatic carbocycles. The molecule has 2 aromatic carbocycles. The zero-order chi connectivity index (χ0) is 19.3. The molecule has 1 N–H and O–H groups in total. The lowest BCUT2D eigenvalue weighted by molar-refractivity contribution is 0.0784. The Balaban J connectivity index is 2.24. The molecule has 0 radical (unpaired) electrons. The average Bonchev–Trinajstić information content (AvgIpc) is 2.62. The second-order valence-corrected chi connectivity index (χ2v) is 8.63. The van der Waals surface area contributed by atoms with Crippen LogP contribution in [0.25, 0.3) is 0 Å². The minimum atomic E-state index is -3.60. The number of hydrogen-bond donors (Lipinski definition) is 1. The summed E-state index contributed by atoms with van der Waals surface area (Å²) >= 11 is 1.67. The highest BCUT2D eigenvalue weighted by Crippen LogP contribution is 2.19. The van der Waals surface area contributed by atoms with Gasteiger partial charge in [0.15, 0.2) is 0 Å². The van der Waals surface area contributed by atoms with Crippen LogP contribution >= 0.6 is 11.8 Å². The van der Waals surface area contributed by atoms with Crippen molar-refractivity contribution in [3.05, 3.63) is 59.2 Å². The summed E-state index contributed by atoms with van der Waals surface area (Å²) in [6.07, 6.45) is 2.02. The number of amides is 1. The Kier molecular flexibility index (Phi) is 6.86. The molecule has 7 heteroatoms. The van der Waals surface area contributed by atoms with Crippen molar-refractivity contribution >= 4 is 27.7 Å². The van der Waals surface area contributed by atoms with E-state index >= 15 is 0 Å². The highest BCUT2D eigenvalue weighted by molar-refractivity contribution is 7.98. The molecule has 0 fully saturated rings. The fourth-order valence-electron chi connectivity index (χ4n) is 2.55. The van der Waals surface area contributed by atoms with Crippen molar-refractivity contribution in [1.29, 1.82) is 0 Å². The lowest BCUT2D eigenvalue weighted by Crippen LogP contribution is -2.28. The summed E-state index contributed by atoms with van der Waals surface area (Å²) in [7, 11) is -1.88. The molecule has 0 atom stereocenters. The first kappa shape index (κ1) is 20.5. The second-order valence-electron chi connectivity index (χ2n) is 5.99. The maximum absolute atomic E-state index is 12.8. The summed E-state index contributed by atoms with van der Waals surface area (Å²) in [5.74, 6) is -0.204. The van der Waals surface area contributed by atoms with Gasteiger partial charge in [0.1, 0.15) is 0 Å². The molecule has 26 heavy (non-hydrogen) atoms. The number of rotatable bonds is 7. The minimum Gasteiger partial charge on any atom is -0.337 e. The number of aryl methyl sites for hydroxylation is 1. The lowest BCUT2D eigenvalue weighted by Gasteiger charge is -2.19. The van der Waals surface area contributed by atoms with E-state index in [0.717, 1.165) is 11.1 Å². The monoisotopic (exact) mass is 392 g/mol. The van der Waals surface area contributed by atoms with Gasteiger partial charge in [-0.3, -0.25) is 4.79 Å². The van der Waals surface area contributed by atoms with Crippen molar-refractivity contribution in [2.75, 3.05) is 19.8 Å². The number of benzene rings is 2. The first-order chi connectivity index (χ1) is 12.3. The Bertz CT molecular complexity index is 878. The second kappa shape index (κ2) is 8.70. The van der Waals surface area contributed by atoms with Gasteiger partial charge in [-0.15, -0.1) is 11.8 Å². The van der Waals surface area contributed by atoms with Crippen molar-refractivity contribution in [2.24, 2.45) is 0 Å². The maximum Gasteiger partial charge on any atom is 0.254 e. The average molecular weight is 393 g/mol. The van der Waals surface area contributed by atoms with Crippen LogP contribution in [0.1, 0.15) is 28.4 Å². The largest absolute Gasteiger partial charge is 0.337 e. The molecule has 0 saturated carbocycles. The fraction of sp³-hybridized carbons (Fsp3) is 0.316. The van der Waals surface area contributed by atoms with Gasteiger partial charge in [0.2, 0.25) is 10.0 Å². The smallest absolute Gasteiger partial charge is 0.254 e. The number of nitrogens with one attached hydrogen (secondary N) is 1. The Labute approximate surface area is 159 Å². The van der Waals surface area contributed by atoms with Gasteiger partial charge in [0.25, 0.3) is 5.91 Å². The number of sulfonamides is 1. The van der Waals surface area contributed by atoms with Gasteiger partial charge in [0, 0.05) is 30.6 Å². The van der Waals surface area contributed by atoms with Gasteiger partial charge in [-0.1, -0.05) is 25.1 Å². The molecule has 140 valence electrons. The number of carbonyl (C=O) groups excluding carboxylic acids is 1. The minimum absolute atomic E-state index is 0.103. The Morgan fingerprint density at radius 2 is 1.81 bits per heavy atom. The topological polar surface area (TPSA) is 66.5 Å². The molecule has 0 saturated heterocycles. The van der Waals surface area contributed by atoms with Gasteiger partial charge in [-0.25, -0.2) is 13.1 Å². The summed E-state index contributed by atoms with van der Waals surface area (Å²) in [6.45, 7) is 4.27. The lowest BCUT2D eigenvalue weighted by atomic mass is 10.1. The van der Waals surface area contributed by atoms with E-state index in [1.54, 1.807) is 43.6 Å². The Morgan fingerprint density at radius 1 is 1.15 bits per heavy atom. The van der Waals surface area contributed by atoms with Crippen molar-refractivity contribution in [3.8, 4) is 0 Å². The van der Waals surface area contributed by atoms with Crippen molar-refractivity contribution in [1.82, 2.24) is 9.62 Å². The molecule has 2 rings (SSSR count). The van der Waals surface area contributed by atoms with Crippen molar-refractivity contribution in [3.63, 3.8) is 0 Å². The van der Waals surface area contributed by atoms with Gasteiger partial charge >= 0.3 is 0 Å². The number of hydrogen-bond acceptors (Lipinski definition) is 4. The number of thioether (sulfide) groups is 1. The standard InChI is InChI=1S/C19H24N2O3S2/c1-5-20-26(23,24)17-11-6-14(2)18(12-17)19(22)21(3)13-15-7-9-16(25-4)10-8-15/h6-12,20H,5,13H2,1-4H3. The molecular weight excluding hydrogens is 368 g/mol. The Morgan fingerprint density at radius 3 is 2.38 bits per heavy atom. The van der Waals surface area contributed by atoms with Crippen molar-refractivity contribution in [2.45, 2.75) is 30.2 Å². The predicted octanol–water partition coefficient (Wildman–Crippen LogP) is 3.29. The van der Waals surface area contributed by atoms with Crippen LogP contribution in [-0.2, 0) is 16.6 Å². The maximum atomic E-state index is 12.8. The van der Waals surface area contributed by atoms with Crippen LogP contribution in [0.3, 0.4) is 0 Å². The number of nitrogens with zero attached hydrogens (tertiary/aromatic N) is 1. The van der Waals surface area contributed by atoms with Gasteiger partial charge in [-0.05, 0) is 48.6 Å². The zero-order valence-electron chi connectivity index (χ0n) is 15.4. The molecule has 1 amide bonds. The quantitative estimate of drug-likeness (QED) is 0.735. The molecule has 0 aliphatic rings. The molecule has 0 bridgehead atoms.